The zero-order valence-electron chi connectivity index (χ0n) is 21.2. The SMILES string of the molecule is COC[C@@H](C)NC1CCC(Nc2cc(-c3ccnc(NCC4(C#N)CCOCC4)c3)c(F)cn2)CC1. The van der Waals surface area contributed by atoms with Crippen molar-refractivity contribution in [2.75, 3.05) is 44.1 Å². The fraction of sp³-hybridized carbons (Fsp3) is 0.593. The van der Waals surface area contributed by atoms with Crippen molar-refractivity contribution in [1.29, 1.82) is 5.26 Å². The molecule has 0 aromatic carbocycles. The van der Waals surface area contributed by atoms with Crippen LogP contribution in [0.25, 0.3) is 11.1 Å². The molecule has 4 rings (SSSR count). The molecule has 1 saturated carbocycles. The summed E-state index contributed by atoms with van der Waals surface area (Å²) in [6, 6.07) is 8.98. The molecule has 9 heteroatoms. The molecule has 2 fully saturated rings. The quantitative estimate of drug-likeness (QED) is 0.446. The van der Waals surface area contributed by atoms with Crippen LogP contribution in [0.4, 0.5) is 16.0 Å². The minimum absolute atomic E-state index is 0.308. The normalized spacial score (nSPS) is 22.4. The second kappa shape index (κ2) is 12.4. The van der Waals surface area contributed by atoms with Crippen LogP contribution in [0, 0.1) is 22.6 Å². The van der Waals surface area contributed by atoms with Crippen LogP contribution in [0.2, 0.25) is 0 Å². The number of hydrogen-bond acceptors (Lipinski definition) is 8. The molecule has 2 aromatic heterocycles. The molecule has 8 nitrogen and oxygen atoms in total. The van der Waals surface area contributed by atoms with Crippen LogP contribution in [0.1, 0.15) is 45.4 Å². The van der Waals surface area contributed by atoms with Gasteiger partial charge < -0.3 is 25.4 Å². The summed E-state index contributed by atoms with van der Waals surface area (Å²) in [4.78, 5) is 8.67. The fourth-order valence-corrected chi connectivity index (χ4v) is 5.10. The van der Waals surface area contributed by atoms with Crippen LogP contribution < -0.4 is 16.0 Å². The van der Waals surface area contributed by atoms with E-state index < -0.39 is 5.41 Å². The van der Waals surface area contributed by atoms with E-state index in [4.69, 9.17) is 9.47 Å². The van der Waals surface area contributed by atoms with Crippen LogP contribution in [0.15, 0.2) is 30.6 Å². The standard InChI is InChI=1S/C27H37FN6O2/c1-19(16-35-2)33-21-3-5-22(6-4-21)34-26-14-23(24(28)15-31-26)20-7-10-30-25(13-20)32-18-27(17-29)8-11-36-12-9-27/h7,10,13-15,19,21-22,33H,3-6,8-9,11-12,16,18H2,1-2H3,(H,30,32)(H,31,34)/t19-,21?,22?/m1/s1. The Morgan fingerprint density at radius 1 is 1.17 bits per heavy atom. The number of rotatable bonds is 10. The molecule has 0 radical (unpaired) electrons. The van der Waals surface area contributed by atoms with Gasteiger partial charge in [0.15, 0.2) is 0 Å². The van der Waals surface area contributed by atoms with Crippen molar-refractivity contribution < 1.29 is 13.9 Å². The molecule has 3 heterocycles. The largest absolute Gasteiger partial charge is 0.383 e. The molecule has 0 amide bonds. The first-order valence-corrected chi connectivity index (χ1v) is 12.9. The van der Waals surface area contributed by atoms with E-state index in [0.29, 0.717) is 80.1 Å². The zero-order chi connectivity index (χ0) is 25.4. The van der Waals surface area contributed by atoms with Crippen molar-refractivity contribution in [3.05, 3.63) is 36.4 Å². The van der Waals surface area contributed by atoms with E-state index in [2.05, 4.69) is 38.9 Å². The Kier molecular flexibility index (Phi) is 9.08. The molecule has 0 unspecified atom stereocenters. The van der Waals surface area contributed by atoms with Gasteiger partial charge in [0.25, 0.3) is 0 Å². The van der Waals surface area contributed by atoms with Crippen LogP contribution in [-0.2, 0) is 9.47 Å². The molecule has 3 N–H and O–H groups in total. The van der Waals surface area contributed by atoms with Gasteiger partial charge in [-0.15, -0.1) is 0 Å². The van der Waals surface area contributed by atoms with Crippen LogP contribution in [0.3, 0.4) is 0 Å². The summed E-state index contributed by atoms with van der Waals surface area (Å²) in [5.74, 6) is 0.913. The van der Waals surface area contributed by atoms with Gasteiger partial charge >= 0.3 is 0 Å². The van der Waals surface area contributed by atoms with Gasteiger partial charge in [0, 0.05) is 56.8 Å². The van der Waals surface area contributed by atoms with Gasteiger partial charge in [-0.1, -0.05) is 0 Å². The number of halogens is 1. The Balaban J connectivity index is 1.37. The van der Waals surface area contributed by atoms with Crippen LogP contribution in [0.5, 0.6) is 0 Å². The highest BCUT2D eigenvalue weighted by Gasteiger charge is 2.32. The number of pyridine rings is 2. The topological polar surface area (TPSA) is 104 Å². The van der Waals surface area contributed by atoms with E-state index in [0.717, 1.165) is 25.7 Å². The number of anilines is 2. The van der Waals surface area contributed by atoms with Crippen molar-refractivity contribution in [1.82, 2.24) is 15.3 Å². The monoisotopic (exact) mass is 496 g/mol. The number of ether oxygens (including phenoxy) is 2. The number of aromatic nitrogens is 2. The third-order valence-electron chi connectivity index (χ3n) is 7.24. The number of nitrogens with zero attached hydrogens (tertiary/aromatic N) is 3. The molecular weight excluding hydrogens is 459 g/mol. The molecular formula is C27H37FN6O2. The third kappa shape index (κ3) is 6.90. The van der Waals surface area contributed by atoms with E-state index in [1.165, 1.54) is 6.20 Å². The van der Waals surface area contributed by atoms with Gasteiger partial charge in [0.05, 0.1) is 24.3 Å². The lowest BCUT2D eigenvalue weighted by molar-refractivity contribution is 0.0455. The molecule has 2 aromatic rings. The summed E-state index contributed by atoms with van der Waals surface area (Å²) in [6.07, 6.45) is 8.53. The predicted molar refractivity (Wildman–Crippen MR) is 138 cm³/mol. The smallest absolute Gasteiger partial charge is 0.149 e. The summed E-state index contributed by atoms with van der Waals surface area (Å²) in [5.41, 5.74) is 0.724. The lowest BCUT2D eigenvalue weighted by Crippen LogP contribution is -2.42. The summed E-state index contributed by atoms with van der Waals surface area (Å²) in [7, 11) is 1.73. The number of methoxy groups -OCH3 is 1. The molecule has 36 heavy (non-hydrogen) atoms. The Hall–Kier alpha value is -2.80. The Morgan fingerprint density at radius 2 is 1.92 bits per heavy atom. The minimum Gasteiger partial charge on any atom is -0.383 e. The average molecular weight is 497 g/mol. The molecule has 1 aliphatic carbocycles. The fourth-order valence-electron chi connectivity index (χ4n) is 5.10. The summed E-state index contributed by atoms with van der Waals surface area (Å²) >= 11 is 0. The Labute approximate surface area is 213 Å². The molecule has 1 aliphatic heterocycles. The number of hydrogen-bond donors (Lipinski definition) is 3. The molecule has 1 atom stereocenters. The van der Waals surface area contributed by atoms with Crippen molar-refractivity contribution in [2.24, 2.45) is 5.41 Å². The number of nitriles is 1. The third-order valence-corrected chi connectivity index (χ3v) is 7.24. The van der Waals surface area contributed by atoms with E-state index in [-0.39, 0.29) is 5.82 Å². The number of nitrogens with one attached hydrogen (secondary N) is 3. The molecule has 2 aliphatic rings. The molecule has 1 saturated heterocycles. The van der Waals surface area contributed by atoms with Crippen molar-refractivity contribution >= 4 is 11.6 Å². The van der Waals surface area contributed by atoms with Gasteiger partial charge in [0.1, 0.15) is 17.5 Å². The maximum Gasteiger partial charge on any atom is 0.149 e. The highest BCUT2D eigenvalue weighted by atomic mass is 19.1. The van der Waals surface area contributed by atoms with E-state index >= 15 is 0 Å². The van der Waals surface area contributed by atoms with Gasteiger partial charge in [0.2, 0.25) is 0 Å². The van der Waals surface area contributed by atoms with Gasteiger partial charge in [-0.2, -0.15) is 5.26 Å². The Bertz CT molecular complexity index is 1030. The highest BCUT2D eigenvalue weighted by Crippen LogP contribution is 2.31. The summed E-state index contributed by atoms with van der Waals surface area (Å²) < 4.78 is 25.4. The van der Waals surface area contributed by atoms with Crippen molar-refractivity contribution in [3.8, 4) is 17.2 Å². The van der Waals surface area contributed by atoms with E-state index in [1.807, 2.05) is 6.07 Å². The first kappa shape index (κ1) is 26.3. The Morgan fingerprint density at radius 3 is 2.64 bits per heavy atom. The molecule has 0 spiro atoms. The van der Waals surface area contributed by atoms with Gasteiger partial charge in [-0.3, -0.25) is 0 Å². The maximum atomic E-state index is 14.8. The minimum atomic E-state index is -0.467. The van der Waals surface area contributed by atoms with E-state index in [9.17, 15) is 9.65 Å². The highest BCUT2D eigenvalue weighted by molar-refractivity contribution is 5.69. The lowest BCUT2D eigenvalue weighted by atomic mass is 9.82. The lowest BCUT2D eigenvalue weighted by Gasteiger charge is -2.32. The predicted octanol–water partition coefficient (Wildman–Crippen LogP) is 4.36. The second-order valence-electron chi connectivity index (χ2n) is 10.1. The maximum absolute atomic E-state index is 14.8. The van der Waals surface area contributed by atoms with E-state index in [1.54, 1.807) is 25.4 Å². The molecule has 194 valence electrons. The van der Waals surface area contributed by atoms with Crippen molar-refractivity contribution in [3.63, 3.8) is 0 Å². The first-order chi connectivity index (χ1) is 17.5. The second-order valence-corrected chi connectivity index (χ2v) is 10.1. The summed E-state index contributed by atoms with van der Waals surface area (Å²) in [5, 5.41) is 20.1. The zero-order valence-corrected chi connectivity index (χ0v) is 21.2. The van der Waals surface area contributed by atoms with Gasteiger partial charge in [-0.05, 0) is 69.2 Å². The molecule has 0 bridgehead atoms. The van der Waals surface area contributed by atoms with Crippen LogP contribution in [-0.4, -0.2) is 61.6 Å². The van der Waals surface area contributed by atoms with Crippen LogP contribution >= 0.6 is 0 Å². The van der Waals surface area contributed by atoms with Crippen molar-refractivity contribution in [2.45, 2.75) is 63.6 Å². The first-order valence-electron chi connectivity index (χ1n) is 12.9. The van der Waals surface area contributed by atoms with Gasteiger partial charge in [-0.25, -0.2) is 14.4 Å². The average Bonchev–Trinajstić information content (AvgIpc) is 2.90. The summed E-state index contributed by atoms with van der Waals surface area (Å²) in [6.45, 7) is 4.51.